The molecule has 2 amide bonds. The minimum Gasteiger partial charge on any atom is -0.338 e. The van der Waals surface area contributed by atoms with E-state index in [1.807, 2.05) is 0 Å². The van der Waals surface area contributed by atoms with Crippen molar-refractivity contribution in [3.8, 4) is 0 Å². The van der Waals surface area contributed by atoms with Crippen LogP contribution in [0.4, 0.5) is 4.79 Å². The summed E-state index contributed by atoms with van der Waals surface area (Å²) >= 11 is 0. The van der Waals surface area contributed by atoms with E-state index in [1.165, 1.54) is 204 Å². The van der Waals surface area contributed by atoms with Gasteiger partial charge in [-0.05, 0) is 30.4 Å². The fraction of sp³-hybridized carbons (Fsp3) is 0.740. The number of hydrogen-bond acceptors (Lipinski definition) is 1. The van der Waals surface area contributed by atoms with Crippen LogP contribution in [0.25, 0.3) is 0 Å². The highest BCUT2D eigenvalue weighted by Gasteiger charge is 2.00. The van der Waals surface area contributed by atoms with Gasteiger partial charge in [-0.15, -0.1) is 0 Å². The van der Waals surface area contributed by atoms with Crippen LogP contribution in [-0.4, -0.2) is 19.1 Å². The van der Waals surface area contributed by atoms with Crippen LogP contribution in [0, 0.1) is 0 Å². The van der Waals surface area contributed by atoms with Gasteiger partial charge in [-0.25, -0.2) is 4.79 Å². The number of urea groups is 1. The van der Waals surface area contributed by atoms with E-state index in [2.05, 4.69) is 85.1 Å². The molecule has 3 nitrogen and oxygen atoms in total. The molecular formula is C50H88N2O. The van der Waals surface area contributed by atoms with Crippen LogP contribution >= 0.6 is 0 Å². The Morgan fingerprint density at radius 2 is 0.566 bits per heavy atom. The lowest BCUT2D eigenvalue weighted by Gasteiger charge is -2.08. The molecule has 2 aromatic carbocycles. The molecular weight excluding hydrogens is 645 g/mol. The third-order valence-corrected chi connectivity index (χ3v) is 10.7. The fourth-order valence-corrected chi connectivity index (χ4v) is 7.24. The molecule has 0 aliphatic carbocycles. The SMILES string of the molecule is CCCCCCCCCCCCCCCCCCNC(=O)NCCCCCCCCCCCCCCCCCC.c1ccc(Cc2ccccc2)cc1. The summed E-state index contributed by atoms with van der Waals surface area (Å²) in [6, 6.07) is 21.1. The number of carbonyl (C=O) groups is 1. The summed E-state index contributed by atoms with van der Waals surface area (Å²) in [4.78, 5) is 11.9. The molecule has 2 aromatic rings. The number of rotatable bonds is 36. The Bertz CT molecular complexity index is 900. The van der Waals surface area contributed by atoms with E-state index in [4.69, 9.17) is 0 Å². The molecule has 0 heterocycles. The maximum atomic E-state index is 11.9. The van der Waals surface area contributed by atoms with Gasteiger partial charge in [0, 0.05) is 13.1 Å². The summed E-state index contributed by atoms with van der Waals surface area (Å²) in [5.74, 6) is 0. The van der Waals surface area contributed by atoms with Crippen molar-refractivity contribution in [2.24, 2.45) is 0 Å². The van der Waals surface area contributed by atoms with Crippen molar-refractivity contribution in [2.75, 3.05) is 13.1 Å². The summed E-state index contributed by atoms with van der Waals surface area (Å²) in [7, 11) is 0. The predicted octanol–water partition coefficient (Wildman–Crippen LogP) is 16.1. The molecule has 0 saturated heterocycles. The largest absolute Gasteiger partial charge is 0.338 e. The second-order valence-electron chi connectivity index (χ2n) is 15.9. The normalized spacial score (nSPS) is 10.9. The number of amides is 2. The molecule has 0 aliphatic rings. The van der Waals surface area contributed by atoms with Gasteiger partial charge in [0.1, 0.15) is 0 Å². The van der Waals surface area contributed by atoms with E-state index in [9.17, 15) is 4.79 Å². The summed E-state index contributed by atoms with van der Waals surface area (Å²) < 4.78 is 0. The highest BCUT2D eigenvalue weighted by Crippen LogP contribution is 2.15. The van der Waals surface area contributed by atoms with Gasteiger partial charge in [-0.2, -0.15) is 0 Å². The summed E-state index contributed by atoms with van der Waals surface area (Å²) in [6.45, 7) is 6.23. The Hall–Kier alpha value is -2.29. The molecule has 304 valence electrons. The lowest BCUT2D eigenvalue weighted by Crippen LogP contribution is -2.36. The van der Waals surface area contributed by atoms with Crippen LogP contribution in [0.5, 0.6) is 0 Å². The zero-order chi connectivity index (χ0) is 38.0. The van der Waals surface area contributed by atoms with Gasteiger partial charge in [0.15, 0.2) is 0 Å². The van der Waals surface area contributed by atoms with E-state index in [0.717, 1.165) is 32.4 Å². The van der Waals surface area contributed by atoms with E-state index in [0.29, 0.717) is 0 Å². The average Bonchev–Trinajstić information content (AvgIpc) is 3.18. The standard InChI is InChI=1S/C37H76N2O.C13H12/c1-3-5-7-9-11-13-15-17-19-21-23-25-27-29-31-33-35-38-37(40)39-36-34-32-30-28-26-24-22-20-18-16-14-12-10-8-6-4-2;1-3-7-12(8-4-1)11-13-9-5-2-6-10-13/h3-36H2,1-2H3,(H2,38,39,40);1-10H,11H2. The first-order chi connectivity index (χ1) is 26.3. The minimum atomic E-state index is 0.0296. The first-order valence-electron chi connectivity index (χ1n) is 23.4. The van der Waals surface area contributed by atoms with Crippen LogP contribution in [0.1, 0.15) is 230 Å². The molecule has 3 heteroatoms. The third kappa shape index (κ3) is 36.5. The first kappa shape index (κ1) is 48.7. The van der Waals surface area contributed by atoms with E-state index >= 15 is 0 Å². The second kappa shape index (κ2) is 40.9. The van der Waals surface area contributed by atoms with E-state index in [-0.39, 0.29) is 6.03 Å². The van der Waals surface area contributed by atoms with Crippen LogP contribution in [0.2, 0.25) is 0 Å². The Kier molecular flexibility index (Phi) is 37.6. The summed E-state index contributed by atoms with van der Waals surface area (Å²) in [5, 5.41) is 6.07. The van der Waals surface area contributed by atoms with Gasteiger partial charge in [-0.1, -0.05) is 267 Å². The Morgan fingerprint density at radius 3 is 0.811 bits per heavy atom. The number of nitrogens with one attached hydrogen (secondary N) is 2. The van der Waals surface area contributed by atoms with Crippen molar-refractivity contribution in [3.63, 3.8) is 0 Å². The van der Waals surface area contributed by atoms with Gasteiger partial charge in [0.2, 0.25) is 0 Å². The highest BCUT2D eigenvalue weighted by atomic mass is 16.2. The van der Waals surface area contributed by atoms with Crippen molar-refractivity contribution in [2.45, 2.75) is 226 Å². The molecule has 0 bridgehead atoms. The second-order valence-corrected chi connectivity index (χ2v) is 15.9. The van der Waals surface area contributed by atoms with Gasteiger partial charge in [0.25, 0.3) is 0 Å². The third-order valence-electron chi connectivity index (χ3n) is 10.7. The monoisotopic (exact) mass is 733 g/mol. The highest BCUT2D eigenvalue weighted by molar-refractivity contribution is 5.73. The van der Waals surface area contributed by atoms with Crippen LogP contribution in [0.3, 0.4) is 0 Å². The van der Waals surface area contributed by atoms with Crippen molar-refractivity contribution in [3.05, 3.63) is 71.8 Å². The van der Waals surface area contributed by atoms with Crippen molar-refractivity contribution in [1.29, 1.82) is 0 Å². The lowest BCUT2D eigenvalue weighted by atomic mass is 10.0. The Morgan fingerprint density at radius 1 is 0.340 bits per heavy atom. The number of unbranched alkanes of at least 4 members (excludes halogenated alkanes) is 30. The zero-order valence-corrected chi connectivity index (χ0v) is 35.4. The molecule has 2 N–H and O–H groups in total. The number of hydrogen-bond donors (Lipinski definition) is 2. The lowest BCUT2D eigenvalue weighted by molar-refractivity contribution is 0.240. The molecule has 0 fully saturated rings. The van der Waals surface area contributed by atoms with Crippen LogP contribution in [0.15, 0.2) is 60.7 Å². The summed E-state index contributed by atoms with van der Waals surface area (Å²) in [5.41, 5.74) is 2.74. The molecule has 2 rings (SSSR count). The molecule has 0 aliphatic heterocycles. The fourth-order valence-electron chi connectivity index (χ4n) is 7.24. The molecule has 0 spiro atoms. The Balaban J connectivity index is 0.000000888. The van der Waals surface area contributed by atoms with Gasteiger partial charge >= 0.3 is 6.03 Å². The van der Waals surface area contributed by atoms with E-state index in [1.54, 1.807) is 0 Å². The summed E-state index contributed by atoms with van der Waals surface area (Å²) in [6.07, 6.45) is 45.4. The smallest absolute Gasteiger partial charge is 0.314 e. The maximum Gasteiger partial charge on any atom is 0.314 e. The molecule has 0 radical (unpaired) electrons. The number of carbonyl (C=O) groups excluding carboxylic acids is 1. The molecule has 0 aromatic heterocycles. The first-order valence-corrected chi connectivity index (χ1v) is 23.4. The average molecular weight is 733 g/mol. The molecule has 0 saturated carbocycles. The van der Waals surface area contributed by atoms with Crippen LogP contribution in [-0.2, 0) is 6.42 Å². The van der Waals surface area contributed by atoms with Gasteiger partial charge in [0.05, 0.1) is 0 Å². The maximum absolute atomic E-state index is 11.9. The minimum absolute atomic E-state index is 0.0296. The molecule has 0 atom stereocenters. The quantitative estimate of drug-likeness (QED) is 0.0673. The topological polar surface area (TPSA) is 41.1 Å². The van der Waals surface area contributed by atoms with Crippen molar-refractivity contribution in [1.82, 2.24) is 10.6 Å². The van der Waals surface area contributed by atoms with Crippen molar-refractivity contribution < 1.29 is 4.79 Å². The van der Waals surface area contributed by atoms with E-state index < -0.39 is 0 Å². The van der Waals surface area contributed by atoms with Gasteiger partial charge in [-0.3, -0.25) is 0 Å². The van der Waals surface area contributed by atoms with Crippen molar-refractivity contribution >= 4 is 6.03 Å². The zero-order valence-electron chi connectivity index (χ0n) is 35.4. The predicted molar refractivity (Wildman–Crippen MR) is 236 cm³/mol. The molecule has 53 heavy (non-hydrogen) atoms. The van der Waals surface area contributed by atoms with Crippen LogP contribution < -0.4 is 10.6 Å². The molecule has 0 unspecified atom stereocenters. The number of benzene rings is 2. The Labute approximate surface area is 331 Å². The van der Waals surface area contributed by atoms with Gasteiger partial charge < -0.3 is 10.6 Å².